The molecule has 0 aliphatic heterocycles. The van der Waals surface area contributed by atoms with Gasteiger partial charge in [-0.05, 0) is 58.1 Å². The van der Waals surface area contributed by atoms with E-state index < -0.39 is 0 Å². The topological polar surface area (TPSA) is 6.48 Å². The van der Waals surface area contributed by atoms with Crippen molar-refractivity contribution in [1.29, 1.82) is 0 Å². The van der Waals surface area contributed by atoms with Gasteiger partial charge in [-0.25, -0.2) is 0 Å². The molecule has 1 rings (SSSR count). The minimum atomic E-state index is 1.06. The molecule has 0 saturated carbocycles. The molecule has 0 aliphatic rings. The lowest BCUT2D eigenvalue weighted by atomic mass is 10.2. The lowest BCUT2D eigenvalue weighted by Gasteiger charge is -2.23. The largest absolute Gasteiger partial charge is 0.303 e. The summed E-state index contributed by atoms with van der Waals surface area (Å²) in [6.45, 7) is 10.6. The first kappa shape index (κ1) is 18.2. The Bertz CT molecular complexity index is 329. The van der Waals surface area contributed by atoms with Crippen LogP contribution in [0, 0.1) is 0 Å². The van der Waals surface area contributed by atoms with E-state index in [0.717, 1.165) is 6.54 Å². The van der Waals surface area contributed by atoms with Gasteiger partial charge in [0.1, 0.15) is 0 Å². The van der Waals surface area contributed by atoms with Crippen molar-refractivity contribution in [1.82, 2.24) is 9.80 Å². The molecule has 0 N–H and O–H groups in total. The molecule has 2 heteroatoms. The molecule has 1 aromatic rings. The van der Waals surface area contributed by atoms with Crippen LogP contribution in [0.3, 0.4) is 0 Å². The minimum Gasteiger partial charge on any atom is -0.303 e. The molecule has 0 saturated heterocycles. The molecule has 1 aromatic carbocycles. The van der Waals surface area contributed by atoms with E-state index in [1.165, 1.54) is 63.8 Å². The number of benzene rings is 1. The molecule has 0 heterocycles. The van der Waals surface area contributed by atoms with Gasteiger partial charge in [0.05, 0.1) is 0 Å². The van der Waals surface area contributed by atoms with Crippen LogP contribution in [0.1, 0.15) is 51.5 Å². The summed E-state index contributed by atoms with van der Waals surface area (Å²) in [5, 5.41) is 0. The summed E-state index contributed by atoms with van der Waals surface area (Å²) in [4.78, 5) is 5.09. The predicted octanol–water partition coefficient (Wildman–Crippen LogP) is 4.41. The first-order valence-corrected chi connectivity index (χ1v) is 8.71. The van der Waals surface area contributed by atoms with Crippen molar-refractivity contribution in [2.24, 2.45) is 0 Å². The van der Waals surface area contributed by atoms with Gasteiger partial charge in [0.2, 0.25) is 0 Å². The fraction of sp³-hybridized carbons (Fsp3) is 0.684. The van der Waals surface area contributed by atoms with Crippen LogP contribution in [0.15, 0.2) is 30.3 Å². The van der Waals surface area contributed by atoms with E-state index in [4.69, 9.17) is 0 Å². The molecule has 0 aliphatic carbocycles. The Morgan fingerprint density at radius 2 is 1.33 bits per heavy atom. The third-order valence-corrected chi connectivity index (χ3v) is 3.97. The van der Waals surface area contributed by atoms with Gasteiger partial charge in [-0.3, -0.25) is 0 Å². The lowest BCUT2D eigenvalue weighted by Crippen LogP contribution is -2.30. The highest BCUT2D eigenvalue weighted by molar-refractivity contribution is 5.14. The Morgan fingerprint density at radius 1 is 0.762 bits per heavy atom. The molecule has 0 unspecified atom stereocenters. The van der Waals surface area contributed by atoms with Gasteiger partial charge in [-0.2, -0.15) is 0 Å². The van der Waals surface area contributed by atoms with E-state index in [2.05, 4.69) is 61.0 Å². The molecule has 0 atom stereocenters. The zero-order chi connectivity index (χ0) is 15.3. The number of rotatable bonds is 12. The zero-order valence-electron chi connectivity index (χ0n) is 14.4. The third kappa shape index (κ3) is 8.90. The van der Waals surface area contributed by atoms with E-state index >= 15 is 0 Å². The zero-order valence-corrected chi connectivity index (χ0v) is 14.4. The van der Waals surface area contributed by atoms with Crippen LogP contribution in [0.2, 0.25) is 0 Å². The second-order valence-electron chi connectivity index (χ2n) is 6.13. The summed E-state index contributed by atoms with van der Waals surface area (Å²) in [7, 11) is 2.23. The maximum atomic E-state index is 2.66. The van der Waals surface area contributed by atoms with Crippen molar-refractivity contribution in [3.63, 3.8) is 0 Å². The Labute approximate surface area is 132 Å². The molecular weight excluding hydrogens is 256 g/mol. The summed E-state index contributed by atoms with van der Waals surface area (Å²) in [5.74, 6) is 0. The van der Waals surface area contributed by atoms with Gasteiger partial charge in [-0.15, -0.1) is 0 Å². The number of unbranched alkanes of at least 4 members (excludes halogenated alkanes) is 2. The molecule has 0 spiro atoms. The van der Waals surface area contributed by atoms with Gasteiger partial charge in [0, 0.05) is 6.54 Å². The molecule has 2 nitrogen and oxygen atoms in total. The molecule has 0 radical (unpaired) electrons. The molecule has 0 aromatic heterocycles. The molecule has 0 amide bonds. The van der Waals surface area contributed by atoms with Gasteiger partial charge >= 0.3 is 0 Å². The summed E-state index contributed by atoms with van der Waals surface area (Å²) in [6, 6.07) is 10.8. The highest BCUT2D eigenvalue weighted by Gasteiger charge is 2.05. The van der Waals surface area contributed by atoms with Gasteiger partial charge in [0.15, 0.2) is 0 Å². The van der Waals surface area contributed by atoms with E-state index in [0.29, 0.717) is 0 Å². The van der Waals surface area contributed by atoms with Crippen molar-refractivity contribution >= 4 is 0 Å². The van der Waals surface area contributed by atoms with Crippen LogP contribution in [-0.2, 0) is 6.54 Å². The lowest BCUT2D eigenvalue weighted by molar-refractivity contribution is 0.237. The summed E-state index contributed by atoms with van der Waals surface area (Å²) in [6.07, 6.45) is 6.55. The SMILES string of the molecule is CCCCN(CCCC)CCCN(C)Cc1ccccc1. The van der Waals surface area contributed by atoms with Crippen LogP contribution in [0.5, 0.6) is 0 Å². The van der Waals surface area contributed by atoms with Crippen molar-refractivity contribution < 1.29 is 0 Å². The van der Waals surface area contributed by atoms with Crippen LogP contribution < -0.4 is 0 Å². The van der Waals surface area contributed by atoms with Crippen LogP contribution in [0.4, 0.5) is 0 Å². The quantitative estimate of drug-likeness (QED) is 0.562. The monoisotopic (exact) mass is 290 g/mol. The summed E-state index contributed by atoms with van der Waals surface area (Å²) < 4.78 is 0. The first-order chi connectivity index (χ1) is 10.3. The van der Waals surface area contributed by atoms with E-state index in [-0.39, 0.29) is 0 Å². The summed E-state index contributed by atoms with van der Waals surface area (Å²) >= 11 is 0. The average molecular weight is 290 g/mol. The van der Waals surface area contributed by atoms with Crippen molar-refractivity contribution in [3.8, 4) is 0 Å². The van der Waals surface area contributed by atoms with E-state index in [1.54, 1.807) is 0 Å². The number of hydrogen-bond donors (Lipinski definition) is 0. The van der Waals surface area contributed by atoms with Crippen LogP contribution in [0.25, 0.3) is 0 Å². The van der Waals surface area contributed by atoms with E-state index in [1.807, 2.05) is 0 Å². The highest BCUT2D eigenvalue weighted by Crippen LogP contribution is 2.05. The van der Waals surface area contributed by atoms with Crippen molar-refractivity contribution in [3.05, 3.63) is 35.9 Å². The van der Waals surface area contributed by atoms with Crippen molar-refractivity contribution in [2.75, 3.05) is 33.2 Å². The van der Waals surface area contributed by atoms with Gasteiger partial charge < -0.3 is 9.80 Å². The smallest absolute Gasteiger partial charge is 0.0230 e. The maximum Gasteiger partial charge on any atom is 0.0230 e. The summed E-state index contributed by atoms with van der Waals surface area (Å²) in [5.41, 5.74) is 1.41. The Balaban J connectivity index is 2.22. The Morgan fingerprint density at radius 3 is 1.90 bits per heavy atom. The Kier molecular flexibility index (Phi) is 10.2. The maximum absolute atomic E-state index is 2.66. The third-order valence-electron chi connectivity index (χ3n) is 3.97. The predicted molar refractivity (Wildman–Crippen MR) is 93.6 cm³/mol. The van der Waals surface area contributed by atoms with Crippen LogP contribution >= 0.6 is 0 Å². The first-order valence-electron chi connectivity index (χ1n) is 8.71. The van der Waals surface area contributed by atoms with Gasteiger partial charge in [-0.1, -0.05) is 57.0 Å². The number of hydrogen-bond acceptors (Lipinski definition) is 2. The minimum absolute atomic E-state index is 1.06. The van der Waals surface area contributed by atoms with Crippen LogP contribution in [-0.4, -0.2) is 43.0 Å². The number of nitrogens with zero attached hydrogens (tertiary/aromatic N) is 2. The highest BCUT2D eigenvalue weighted by atomic mass is 15.1. The average Bonchev–Trinajstić information content (AvgIpc) is 2.50. The second kappa shape index (κ2) is 11.8. The molecule has 0 fully saturated rings. The van der Waals surface area contributed by atoms with Gasteiger partial charge in [0.25, 0.3) is 0 Å². The fourth-order valence-corrected chi connectivity index (χ4v) is 2.64. The Hall–Kier alpha value is -0.860. The molecular formula is C19H34N2. The molecule has 120 valence electrons. The molecule has 21 heavy (non-hydrogen) atoms. The van der Waals surface area contributed by atoms with Crippen molar-refractivity contribution in [2.45, 2.75) is 52.5 Å². The standard InChI is InChI=1S/C19H34N2/c1-4-6-15-21(16-7-5-2)17-11-14-20(3)18-19-12-9-8-10-13-19/h8-10,12-13H,4-7,11,14-18H2,1-3H3. The second-order valence-corrected chi connectivity index (χ2v) is 6.13. The molecule has 0 bridgehead atoms. The van der Waals surface area contributed by atoms with E-state index in [9.17, 15) is 0 Å². The fourth-order valence-electron chi connectivity index (χ4n) is 2.64. The normalized spacial score (nSPS) is 11.5.